The lowest BCUT2D eigenvalue weighted by Crippen LogP contribution is -2.22. The summed E-state index contributed by atoms with van der Waals surface area (Å²) in [5.74, 6) is 0.883. The lowest BCUT2D eigenvalue weighted by molar-refractivity contribution is -0.118. The van der Waals surface area contributed by atoms with Crippen LogP contribution in [0.5, 0.6) is 5.75 Å². The van der Waals surface area contributed by atoms with Crippen molar-refractivity contribution < 1.29 is 9.53 Å². The van der Waals surface area contributed by atoms with E-state index < -0.39 is 0 Å². The first kappa shape index (κ1) is 15.1. The van der Waals surface area contributed by atoms with Crippen molar-refractivity contribution in [2.75, 3.05) is 13.7 Å². The molecule has 1 amide bonds. The predicted octanol–water partition coefficient (Wildman–Crippen LogP) is 3.26. The zero-order chi connectivity index (χ0) is 15.2. The number of hydrogen-bond donors (Lipinski definition) is 1. The van der Waals surface area contributed by atoms with Gasteiger partial charge in [0.1, 0.15) is 5.75 Å². The molecule has 0 aliphatic heterocycles. The van der Waals surface area contributed by atoms with Gasteiger partial charge >= 0.3 is 0 Å². The molecule has 0 radical (unpaired) electrons. The Bertz CT molecular complexity index is 662. The second kappa shape index (κ2) is 6.93. The standard InChI is InChI=1S/C18H21NO2/c1-4-6-16-17(21-3)10-9-14-7-5-8-15(18(14)16)11-12-19-13(2)20/h4-5,7-10H,1,6,11-12H2,2-3H3,(H,19,20). The molecule has 2 aromatic carbocycles. The van der Waals surface area contributed by atoms with E-state index >= 15 is 0 Å². The van der Waals surface area contributed by atoms with Crippen LogP contribution in [0.4, 0.5) is 0 Å². The SMILES string of the molecule is C=CCc1c(OC)ccc2cccc(CCNC(C)=O)c12. The second-order valence-electron chi connectivity index (χ2n) is 4.99. The Morgan fingerprint density at radius 3 is 2.81 bits per heavy atom. The van der Waals surface area contributed by atoms with Crippen LogP contribution in [0.15, 0.2) is 43.0 Å². The van der Waals surface area contributed by atoms with Crippen molar-refractivity contribution in [2.45, 2.75) is 19.8 Å². The number of nitrogens with one attached hydrogen (secondary N) is 1. The van der Waals surface area contributed by atoms with E-state index in [1.165, 1.54) is 23.3 Å². The van der Waals surface area contributed by atoms with Crippen molar-refractivity contribution in [1.29, 1.82) is 0 Å². The lowest BCUT2D eigenvalue weighted by Gasteiger charge is -2.14. The molecule has 2 rings (SSSR count). The molecule has 0 atom stereocenters. The molecule has 0 heterocycles. The average molecular weight is 283 g/mol. The molecule has 110 valence electrons. The molecule has 3 heteroatoms. The van der Waals surface area contributed by atoms with Crippen LogP contribution in [0.3, 0.4) is 0 Å². The number of fused-ring (bicyclic) bond motifs is 1. The van der Waals surface area contributed by atoms with Gasteiger partial charge in [-0.2, -0.15) is 0 Å². The van der Waals surface area contributed by atoms with Gasteiger partial charge in [0.15, 0.2) is 0 Å². The van der Waals surface area contributed by atoms with E-state index in [1.807, 2.05) is 12.1 Å². The Labute approximate surface area is 125 Å². The van der Waals surface area contributed by atoms with Gasteiger partial charge in [-0.3, -0.25) is 4.79 Å². The molecule has 0 aromatic heterocycles. The highest BCUT2D eigenvalue weighted by atomic mass is 16.5. The van der Waals surface area contributed by atoms with Crippen LogP contribution in [-0.4, -0.2) is 19.6 Å². The lowest BCUT2D eigenvalue weighted by atomic mass is 9.95. The van der Waals surface area contributed by atoms with E-state index in [4.69, 9.17) is 4.74 Å². The first-order chi connectivity index (χ1) is 10.2. The fourth-order valence-corrected chi connectivity index (χ4v) is 2.64. The summed E-state index contributed by atoms with van der Waals surface area (Å²) in [5.41, 5.74) is 2.38. The van der Waals surface area contributed by atoms with E-state index in [0.29, 0.717) is 6.54 Å². The van der Waals surface area contributed by atoms with Gasteiger partial charge in [0, 0.05) is 19.0 Å². The fraction of sp³-hybridized carbons (Fsp3) is 0.278. The molecule has 21 heavy (non-hydrogen) atoms. The summed E-state index contributed by atoms with van der Waals surface area (Å²) in [5, 5.41) is 5.25. The smallest absolute Gasteiger partial charge is 0.216 e. The van der Waals surface area contributed by atoms with E-state index in [0.717, 1.165) is 24.2 Å². The molecule has 0 bridgehead atoms. The van der Waals surface area contributed by atoms with Crippen molar-refractivity contribution in [3.63, 3.8) is 0 Å². The van der Waals surface area contributed by atoms with Gasteiger partial charge < -0.3 is 10.1 Å². The van der Waals surface area contributed by atoms with Crippen molar-refractivity contribution in [1.82, 2.24) is 5.32 Å². The third kappa shape index (κ3) is 3.43. The van der Waals surface area contributed by atoms with Crippen LogP contribution in [-0.2, 0) is 17.6 Å². The largest absolute Gasteiger partial charge is 0.496 e. The summed E-state index contributed by atoms with van der Waals surface area (Å²) in [6, 6.07) is 10.3. The van der Waals surface area contributed by atoms with Gasteiger partial charge in [0.25, 0.3) is 0 Å². The Morgan fingerprint density at radius 2 is 2.14 bits per heavy atom. The minimum atomic E-state index is -0.000803. The van der Waals surface area contributed by atoms with Crippen LogP contribution in [0.25, 0.3) is 10.8 Å². The van der Waals surface area contributed by atoms with Gasteiger partial charge in [-0.15, -0.1) is 6.58 Å². The van der Waals surface area contributed by atoms with Crippen LogP contribution in [0, 0.1) is 0 Å². The third-order valence-corrected chi connectivity index (χ3v) is 3.53. The summed E-state index contributed by atoms with van der Waals surface area (Å²) >= 11 is 0. The first-order valence-corrected chi connectivity index (χ1v) is 7.10. The van der Waals surface area contributed by atoms with E-state index in [-0.39, 0.29) is 5.91 Å². The summed E-state index contributed by atoms with van der Waals surface area (Å²) in [6.07, 6.45) is 3.45. The molecule has 0 spiro atoms. The first-order valence-electron chi connectivity index (χ1n) is 7.10. The predicted molar refractivity (Wildman–Crippen MR) is 86.8 cm³/mol. The highest BCUT2D eigenvalue weighted by Crippen LogP contribution is 2.31. The van der Waals surface area contributed by atoms with Gasteiger partial charge in [0.2, 0.25) is 5.91 Å². The number of ether oxygens (including phenoxy) is 1. The quantitative estimate of drug-likeness (QED) is 0.826. The van der Waals surface area contributed by atoms with Gasteiger partial charge in [-0.25, -0.2) is 0 Å². The molecule has 0 aliphatic carbocycles. The number of amides is 1. The summed E-state index contributed by atoms with van der Waals surface area (Å²) in [7, 11) is 1.69. The molecule has 0 unspecified atom stereocenters. The number of carbonyl (C=O) groups excluding carboxylic acids is 1. The minimum absolute atomic E-state index is 0.000803. The number of hydrogen-bond acceptors (Lipinski definition) is 2. The highest BCUT2D eigenvalue weighted by molar-refractivity contribution is 5.91. The molecule has 3 nitrogen and oxygen atoms in total. The van der Waals surface area contributed by atoms with E-state index in [1.54, 1.807) is 7.11 Å². The molecule has 0 saturated carbocycles. The number of methoxy groups -OCH3 is 1. The number of carbonyl (C=O) groups is 1. The maximum absolute atomic E-state index is 11.0. The summed E-state index contributed by atoms with van der Waals surface area (Å²) in [6.45, 7) is 6.02. The van der Waals surface area contributed by atoms with Crippen molar-refractivity contribution >= 4 is 16.7 Å². The van der Waals surface area contributed by atoms with E-state index in [2.05, 4.69) is 36.2 Å². The molecule has 0 fully saturated rings. The number of rotatable bonds is 6. The molecular weight excluding hydrogens is 262 g/mol. The monoisotopic (exact) mass is 283 g/mol. The zero-order valence-corrected chi connectivity index (χ0v) is 12.6. The van der Waals surface area contributed by atoms with Crippen LogP contribution in [0.2, 0.25) is 0 Å². The molecule has 0 aliphatic rings. The second-order valence-corrected chi connectivity index (χ2v) is 4.99. The third-order valence-electron chi connectivity index (χ3n) is 3.53. The molecule has 2 aromatic rings. The fourth-order valence-electron chi connectivity index (χ4n) is 2.64. The van der Waals surface area contributed by atoms with Crippen molar-refractivity contribution in [3.8, 4) is 5.75 Å². The Balaban J connectivity index is 2.48. The number of benzene rings is 2. The highest BCUT2D eigenvalue weighted by Gasteiger charge is 2.10. The minimum Gasteiger partial charge on any atom is -0.496 e. The molecule has 0 saturated heterocycles. The summed E-state index contributed by atoms with van der Waals surface area (Å²) in [4.78, 5) is 11.0. The molecule has 1 N–H and O–H groups in total. The van der Waals surface area contributed by atoms with Crippen molar-refractivity contribution in [3.05, 3.63) is 54.1 Å². The van der Waals surface area contributed by atoms with Crippen LogP contribution in [0.1, 0.15) is 18.1 Å². The Kier molecular flexibility index (Phi) is 4.99. The van der Waals surface area contributed by atoms with Gasteiger partial charge in [-0.05, 0) is 35.2 Å². The number of allylic oxidation sites excluding steroid dienone is 1. The Morgan fingerprint density at radius 1 is 1.33 bits per heavy atom. The van der Waals surface area contributed by atoms with Gasteiger partial charge in [-0.1, -0.05) is 30.3 Å². The van der Waals surface area contributed by atoms with Gasteiger partial charge in [0.05, 0.1) is 7.11 Å². The molecular formula is C18H21NO2. The average Bonchev–Trinajstić information content (AvgIpc) is 2.47. The summed E-state index contributed by atoms with van der Waals surface area (Å²) < 4.78 is 5.49. The topological polar surface area (TPSA) is 38.3 Å². The maximum Gasteiger partial charge on any atom is 0.216 e. The Hall–Kier alpha value is -2.29. The van der Waals surface area contributed by atoms with E-state index in [9.17, 15) is 4.79 Å². The van der Waals surface area contributed by atoms with Crippen LogP contribution >= 0.6 is 0 Å². The van der Waals surface area contributed by atoms with Crippen LogP contribution < -0.4 is 10.1 Å². The van der Waals surface area contributed by atoms with Crippen molar-refractivity contribution in [2.24, 2.45) is 0 Å². The zero-order valence-electron chi connectivity index (χ0n) is 12.6. The normalized spacial score (nSPS) is 10.4. The maximum atomic E-state index is 11.0.